The fraction of sp³-hybridized carbons (Fsp3) is 0.490. The van der Waals surface area contributed by atoms with Crippen molar-refractivity contribution in [2.75, 3.05) is 64.9 Å². The summed E-state index contributed by atoms with van der Waals surface area (Å²) in [5.41, 5.74) is 8.02. The molecular weight excluding hydrogens is 952 g/mol. The summed E-state index contributed by atoms with van der Waals surface area (Å²) in [6.07, 6.45) is 6.58. The Labute approximate surface area is 407 Å². The molecular formula is C49H66Cl2F4N4O6S2. The highest BCUT2D eigenvalue weighted by atomic mass is 35.5. The number of nitrogens with two attached hydrogens (primary N) is 1. The van der Waals surface area contributed by atoms with Gasteiger partial charge in [-0.15, -0.1) is 24.8 Å². The van der Waals surface area contributed by atoms with E-state index in [-0.39, 0.29) is 52.4 Å². The second-order valence-corrected chi connectivity index (χ2v) is 22.7. The molecule has 0 saturated carbocycles. The van der Waals surface area contributed by atoms with Gasteiger partial charge in [0.1, 0.15) is 23.3 Å². The molecule has 67 heavy (non-hydrogen) atoms. The van der Waals surface area contributed by atoms with Crippen LogP contribution in [0.1, 0.15) is 93.4 Å². The van der Waals surface area contributed by atoms with Gasteiger partial charge in [-0.05, 0) is 188 Å². The van der Waals surface area contributed by atoms with Crippen LogP contribution in [0.15, 0.2) is 94.7 Å². The van der Waals surface area contributed by atoms with E-state index in [0.717, 1.165) is 94.2 Å². The lowest BCUT2D eigenvalue weighted by Gasteiger charge is -2.39. The molecule has 3 N–H and O–H groups in total. The van der Waals surface area contributed by atoms with Crippen LogP contribution in [0.3, 0.4) is 0 Å². The fourth-order valence-corrected chi connectivity index (χ4v) is 10.1. The van der Waals surface area contributed by atoms with E-state index in [2.05, 4.69) is 9.80 Å². The van der Waals surface area contributed by atoms with E-state index in [1.54, 1.807) is 36.4 Å². The lowest BCUT2D eigenvalue weighted by molar-refractivity contribution is 0.0739. The summed E-state index contributed by atoms with van der Waals surface area (Å²) in [6.45, 7) is 12.0. The predicted molar refractivity (Wildman–Crippen MR) is 261 cm³/mol. The van der Waals surface area contributed by atoms with Gasteiger partial charge in [0.05, 0.1) is 9.79 Å². The van der Waals surface area contributed by atoms with Gasteiger partial charge in [-0.2, -0.15) is 0 Å². The number of likely N-dealkylation sites (tertiary alicyclic amines) is 2. The number of hydrogen-bond acceptors (Lipinski definition) is 8. The monoisotopic (exact) mass is 1020 g/mol. The van der Waals surface area contributed by atoms with Crippen LogP contribution in [0, 0.1) is 35.1 Å². The Morgan fingerprint density at radius 3 is 1.24 bits per heavy atom. The Bertz CT molecular complexity index is 2390. The molecule has 4 aromatic carbocycles. The summed E-state index contributed by atoms with van der Waals surface area (Å²) in [5.74, 6) is -2.18. The van der Waals surface area contributed by atoms with Crippen molar-refractivity contribution in [2.24, 2.45) is 17.6 Å². The minimum atomic E-state index is -3.35. The molecule has 4 aromatic rings. The Kier molecular flexibility index (Phi) is 21.6. The van der Waals surface area contributed by atoms with Crippen molar-refractivity contribution in [2.45, 2.75) is 86.5 Å². The lowest BCUT2D eigenvalue weighted by atomic mass is 9.87. The van der Waals surface area contributed by atoms with E-state index in [4.69, 9.17) is 5.73 Å². The number of carbonyl (C=O) groups is 1. The standard InChI is InChI=1S/C27H36F2N2O4S.C22H28F2N2O2S.2ClH/c1-27(2,3)31(26(32)33)18-19-9-12-30(13-10-19)14-11-25(21-15-22(28)17-23(29)16-21)20-5-7-24(8-6-20)36(4,34)35;1-29(27,28)21-4-2-17(3-5-21)22(18-12-19(23)14-20(24)13-18)8-11-26-9-6-16(15-25)7-10-26;;/h5-8,15-17,19,25H,9-14,18H2,1-4H3,(H,32,33);2-5,12-14,16,22H,6-11,15,25H2,1H3;2*1H/t25-;22-;;/m11../s1. The number of sulfone groups is 2. The number of piperidine rings is 2. The van der Waals surface area contributed by atoms with Crippen LogP contribution < -0.4 is 5.73 Å². The van der Waals surface area contributed by atoms with E-state index < -0.39 is 54.6 Å². The molecule has 2 aliphatic rings. The summed E-state index contributed by atoms with van der Waals surface area (Å²) in [6, 6.07) is 20.2. The average molecular weight is 1020 g/mol. The fourth-order valence-electron chi connectivity index (χ4n) is 8.86. The van der Waals surface area contributed by atoms with E-state index >= 15 is 0 Å². The first-order valence-corrected chi connectivity index (χ1v) is 26.0. The molecule has 2 atom stereocenters. The highest BCUT2D eigenvalue weighted by Gasteiger charge is 2.31. The van der Waals surface area contributed by atoms with Gasteiger partial charge >= 0.3 is 6.09 Å². The Hall–Kier alpha value is -3.77. The largest absolute Gasteiger partial charge is 0.465 e. The maximum Gasteiger partial charge on any atom is 0.407 e. The number of halogens is 6. The normalized spacial score (nSPS) is 16.4. The first kappa shape index (κ1) is 57.5. The molecule has 10 nitrogen and oxygen atoms in total. The van der Waals surface area contributed by atoms with Crippen molar-refractivity contribution in [3.8, 4) is 0 Å². The van der Waals surface area contributed by atoms with Crippen molar-refractivity contribution in [3.05, 3.63) is 130 Å². The third-order valence-electron chi connectivity index (χ3n) is 12.7. The molecule has 2 fully saturated rings. The molecule has 372 valence electrons. The highest BCUT2D eigenvalue weighted by Crippen LogP contribution is 2.33. The SMILES string of the molecule is CC(C)(C)N(CC1CCN(CC[C@H](c2ccc(S(C)(=O)=O)cc2)c2cc(F)cc(F)c2)CC1)C(=O)O.CS(=O)(=O)c1ccc([C@@H](CCN2CCC(CN)CC2)c2cc(F)cc(F)c2)cc1.Cl.Cl. The molecule has 2 aliphatic heterocycles. The molecule has 2 heterocycles. The second kappa shape index (κ2) is 25.2. The van der Waals surface area contributed by atoms with Gasteiger partial charge in [0.15, 0.2) is 19.7 Å². The molecule has 2 saturated heterocycles. The molecule has 1 amide bonds. The van der Waals surface area contributed by atoms with Gasteiger partial charge in [-0.1, -0.05) is 24.3 Å². The Morgan fingerprint density at radius 1 is 0.627 bits per heavy atom. The third kappa shape index (κ3) is 17.3. The predicted octanol–water partition coefficient (Wildman–Crippen LogP) is 9.79. The zero-order valence-corrected chi connectivity index (χ0v) is 42.1. The summed E-state index contributed by atoms with van der Waals surface area (Å²) in [7, 11) is -6.65. The summed E-state index contributed by atoms with van der Waals surface area (Å²) in [5, 5.41) is 9.58. The van der Waals surface area contributed by atoms with E-state index in [1.807, 2.05) is 20.8 Å². The molecule has 0 aromatic heterocycles. The number of nitrogens with zero attached hydrogens (tertiary/aromatic N) is 3. The molecule has 0 radical (unpaired) electrons. The maximum absolute atomic E-state index is 14.0. The van der Waals surface area contributed by atoms with Gasteiger partial charge in [-0.25, -0.2) is 39.2 Å². The second-order valence-electron chi connectivity index (χ2n) is 18.6. The highest BCUT2D eigenvalue weighted by molar-refractivity contribution is 7.91. The Morgan fingerprint density at radius 2 is 0.955 bits per heavy atom. The zero-order chi connectivity index (χ0) is 47.7. The van der Waals surface area contributed by atoms with Crippen LogP contribution in [0.4, 0.5) is 22.4 Å². The minimum absolute atomic E-state index is 0. The maximum atomic E-state index is 14.0. The van der Waals surface area contributed by atoms with Crippen LogP contribution in [0.5, 0.6) is 0 Å². The van der Waals surface area contributed by atoms with Crippen LogP contribution in [0.25, 0.3) is 0 Å². The van der Waals surface area contributed by atoms with Crippen LogP contribution in [-0.2, 0) is 19.7 Å². The first-order chi connectivity index (χ1) is 30.5. The third-order valence-corrected chi connectivity index (χ3v) is 14.9. The van der Waals surface area contributed by atoms with Crippen molar-refractivity contribution in [1.82, 2.24) is 14.7 Å². The topological polar surface area (TPSA) is 141 Å². The molecule has 0 aliphatic carbocycles. The molecule has 0 bridgehead atoms. The lowest BCUT2D eigenvalue weighted by Crippen LogP contribution is -2.49. The molecule has 0 spiro atoms. The van der Waals surface area contributed by atoms with Crippen molar-refractivity contribution in [1.29, 1.82) is 0 Å². The zero-order valence-electron chi connectivity index (χ0n) is 38.8. The van der Waals surface area contributed by atoms with Crippen molar-refractivity contribution < 1.29 is 44.3 Å². The van der Waals surface area contributed by atoms with E-state index in [9.17, 15) is 44.3 Å². The number of hydrogen-bond donors (Lipinski definition) is 2. The number of rotatable bonds is 15. The van der Waals surface area contributed by atoms with Crippen molar-refractivity contribution in [3.63, 3.8) is 0 Å². The van der Waals surface area contributed by atoms with Gasteiger partial charge < -0.3 is 25.5 Å². The first-order valence-electron chi connectivity index (χ1n) is 22.2. The van der Waals surface area contributed by atoms with E-state index in [0.29, 0.717) is 49.5 Å². The molecule has 6 rings (SSSR count). The molecule has 18 heteroatoms. The van der Waals surface area contributed by atoms with Crippen LogP contribution in [-0.4, -0.2) is 113 Å². The quantitative estimate of drug-likeness (QED) is 0.111. The number of benzene rings is 4. The smallest absolute Gasteiger partial charge is 0.407 e. The number of carboxylic acid groups (broad SMARTS) is 1. The van der Waals surface area contributed by atoms with Crippen LogP contribution in [0.2, 0.25) is 0 Å². The summed E-state index contributed by atoms with van der Waals surface area (Å²) >= 11 is 0. The van der Waals surface area contributed by atoms with Crippen molar-refractivity contribution >= 4 is 50.6 Å². The Balaban J connectivity index is 0.000000352. The van der Waals surface area contributed by atoms with Gasteiger partial charge in [0.2, 0.25) is 0 Å². The van der Waals surface area contributed by atoms with Gasteiger partial charge in [0, 0.05) is 48.6 Å². The summed E-state index contributed by atoms with van der Waals surface area (Å²) in [4.78, 5) is 18.3. The average Bonchev–Trinajstić information content (AvgIpc) is 3.22. The van der Waals surface area contributed by atoms with E-state index in [1.165, 1.54) is 41.3 Å². The van der Waals surface area contributed by atoms with Crippen LogP contribution >= 0.6 is 24.8 Å². The van der Waals surface area contributed by atoms with Gasteiger partial charge in [-0.3, -0.25) is 0 Å². The van der Waals surface area contributed by atoms with Gasteiger partial charge in [0.25, 0.3) is 0 Å². The molecule has 0 unspecified atom stereocenters. The minimum Gasteiger partial charge on any atom is -0.465 e. The number of amides is 1. The summed E-state index contributed by atoms with van der Waals surface area (Å²) < 4.78 is 103.